The number of carbonyl (C=O) groups is 2. The predicted molar refractivity (Wildman–Crippen MR) is 141 cm³/mol. The fourth-order valence-corrected chi connectivity index (χ4v) is 3.87. The normalized spacial score (nSPS) is 10.5. The van der Waals surface area contributed by atoms with Crippen molar-refractivity contribution in [1.29, 1.82) is 0 Å². The molecule has 1 aromatic heterocycles. The van der Waals surface area contributed by atoms with E-state index in [9.17, 15) is 9.59 Å². The minimum atomic E-state index is -0.489. The minimum Gasteiger partial charge on any atom is -0.322 e. The van der Waals surface area contributed by atoms with Crippen LogP contribution in [0.15, 0.2) is 84.4 Å². The Morgan fingerprint density at radius 2 is 1.20 bits per heavy atom. The molecule has 4 rings (SSSR count). The van der Waals surface area contributed by atoms with Crippen LogP contribution in [0, 0.1) is 27.7 Å². The molecule has 0 saturated carbocycles. The maximum Gasteiger partial charge on any atom is 0.261 e. The molecule has 0 atom stereocenters. The number of para-hydroxylation sites is 3. The molecule has 0 aliphatic carbocycles. The van der Waals surface area contributed by atoms with Crippen LogP contribution >= 0.6 is 0 Å². The number of nitrogens with zero attached hydrogens (tertiary/aromatic N) is 2. The third-order valence-corrected chi connectivity index (χ3v) is 5.91. The number of amides is 2. The van der Waals surface area contributed by atoms with Crippen molar-refractivity contribution in [2.24, 2.45) is 0 Å². The summed E-state index contributed by atoms with van der Waals surface area (Å²) in [6.45, 7) is 7.61. The third kappa shape index (κ3) is 5.22. The van der Waals surface area contributed by atoms with Crippen molar-refractivity contribution in [3.63, 3.8) is 0 Å². The van der Waals surface area contributed by atoms with Gasteiger partial charge in [-0.05, 0) is 69.2 Å². The number of carbonyl (C=O) groups excluding carboxylic acids is 2. The van der Waals surface area contributed by atoms with Gasteiger partial charge in [-0.2, -0.15) is 5.10 Å². The summed E-state index contributed by atoms with van der Waals surface area (Å²) in [5.74, 6) is -0.978. The number of anilines is 2. The van der Waals surface area contributed by atoms with Gasteiger partial charge in [0.15, 0.2) is 0 Å². The van der Waals surface area contributed by atoms with Crippen LogP contribution in [0.2, 0.25) is 0 Å². The maximum absolute atomic E-state index is 13.4. The van der Waals surface area contributed by atoms with Crippen molar-refractivity contribution in [1.82, 2.24) is 9.78 Å². The number of hydrogen-bond donors (Lipinski definition) is 2. The molecule has 0 unspecified atom stereocenters. The summed E-state index contributed by atoms with van der Waals surface area (Å²) in [7, 11) is 0. The lowest BCUT2D eigenvalue weighted by atomic mass is 10.1. The second-order valence-corrected chi connectivity index (χ2v) is 8.43. The van der Waals surface area contributed by atoms with Crippen LogP contribution in [0.1, 0.15) is 28.1 Å². The van der Waals surface area contributed by atoms with Crippen molar-refractivity contribution in [3.8, 4) is 5.69 Å². The molecule has 6 nitrogen and oxygen atoms in total. The monoisotopic (exact) mass is 464 g/mol. The average molecular weight is 465 g/mol. The molecular formula is C29H28N4O2. The molecule has 176 valence electrons. The highest BCUT2D eigenvalue weighted by atomic mass is 16.2. The van der Waals surface area contributed by atoms with E-state index < -0.39 is 11.8 Å². The van der Waals surface area contributed by atoms with Gasteiger partial charge in [-0.1, -0.05) is 54.6 Å². The summed E-state index contributed by atoms with van der Waals surface area (Å²) < 4.78 is 1.82. The van der Waals surface area contributed by atoms with E-state index in [2.05, 4.69) is 15.7 Å². The molecule has 2 N–H and O–H groups in total. The Labute approximate surface area is 205 Å². The summed E-state index contributed by atoms with van der Waals surface area (Å²) >= 11 is 0. The molecule has 2 amide bonds. The average Bonchev–Trinajstić information content (AvgIpc) is 3.13. The zero-order valence-electron chi connectivity index (χ0n) is 20.3. The Hall–Kier alpha value is -4.45. The Balaban J connectivity index is 1.76. The Morgan fingerprint density at radius 3 is 1.71 bits per heavy atom. The topological polar surface area (TPSA) is 76.0 Å². The second-order valence-electron chi connectivity index (χ2n) is 8.43. The predicted octanol–water partition coefficient (Wildman–Crippen LogP) is 5.77. The van der Waals surface area contributed by atoms with E-state index in [1.54, 1.807) is 6.08 Å². The van der Waals surface area contributed by atoms with Gasteiger partial charge in [-0.3, -0.25) is 9.59 Å². The minimum absolute atomic E-state index is 0.00434. The maximum atomic E-state index is 13.4. The molecule has 6 heteroatoms. The van der Waals surface area contributed by atoms with Crippen LogP contribution in [0.5, 0.6) is 0 Å². The molecule has 35 heavy (non-hydrogen) atoms. The van der Waals surface area contributed by atoms with Crippen molar-refractivity contribution < 1.29 is 9.59 Å². The molecule has 0 spiro atoms. The molecule has 0 aliphatic rings. The van der Waals surface area contributed by atoms with Gasteiger partial charge in [0, 0.05) is 22.6 Å². The molecular weight excluding hydrogens is 436 g/mol. The number of hydrogen-bond acceptors (Lipinski definition) is 3. The molecule has 0 bridgehead atoms. The van der Waals surface area contributed by atoms with Gasteiger partial charge in [-0.25, -0.2) is 4.68 Å². The summed E-state index contributed by atoms with van der Waals surface area (Å²) in [5.41, 5.74) is 6.30. The first-order chi connectivity index (χ1) is 16.8. The Morgan fingerprint density at radius 1 is 0.714 bits per heavy atom. The quantitative estimate of drug-likeness (QED) is 0.216. The highest BCUT2D eigenvalue weighted by Crippen LogP contribution is 2.23. The van der Waals surface area contributed by atoms with E-state index in [-0.39, 0.29) is 5.57 Å². The van der Waals surface area contributed by atoms with Gasteiger partial charge in [0.2, 0.25) is 0 Å². The molecule has 3 aromatic carbocycles. The third-order valence-electron chi connectivity index (χ3n) is 5.91. The molecule has 0 radical (unpaired) electrons. The largest absolute Gasteiger partial charge is 0.322 e. The summed E-state index contributed by atoms with van der Waals surface area (Å²) in [5, 5.41) is 10.4. The molecule has 4 aromatic rings. The number of aryl methyl sites for hydroxylation is 3. The van der Waals surface area contributed by atoms with E-state index in [0.717, 1.165) is 33.8 Å². The van der Waals surface area contributed by atoms with E-state index >= 15 is 0 Å². The van der Waals surface area contributed by atoms with Crippen LogP contribution in [0.4, 0.5) is 11.4 Å². The van der Waals surface area contributed by atoms with Crippen molar-refractivity contribution >= 4 is 29.3 Å². The van der Waals surface area contributed by atoms with Gasteiger partial charge in [0.1, 0.15) is 5.57 Å². The van der Waals surface area contributed by atoms with E-state index in [1.807, 2.05) is 111 Å². The lowest BCUT2D eigenvalue weighted by molar-refractivity contribution is -0.118. The molecule has 0 aliphatic heterocycles. The first-order valence-electron chi connectivity index (χ1n) is 11.4. The standard InChI is InChI=1S/C29H28N4O2/c1-19-12-8-10-16-26(19)30-28(34)25(29(35)31-27-17-11-9-13-20(27)2)18-24-21(3)32-33(22(24)4)23-14-6-5-7-15-23/h5-18H,1-4H3,(H,30,34)(H,31,35). The zero-order chi connectivity index (χ0) is 24.9. The summed E-state index contributed by atoms with van der Waals surface area (Å²) in [6.07, 6.45) is 1.62. The van der Waals surface area contributed by atoms with E-state index in [4.69, 9.17) is 0 Å². The van der Waals surface area contributed by atoms with Crippen molar-refractivity contribution in [2.45, 2.75) is 27.7 Å². The number of nitrogens with one attached hydrogen (secondary N) is 2. The zero-order valence-corrected chi connectivity index (χ0v) is 20.3. The van der Waals surface area contributed by atoms with Gasteiger partial charge in [0.05, 0.1) is 11.4 Å². The number of aromatic nitrogens is 2. The van der Waals surface area contributed by atoms with Crippen LogP contribution in [0.3, 0.4) is 0 Å². The smallest absolute Gasteiger partial charge is 0.261 e. The SMILES string of the molecule is Cc1ccccc1NC(=O)C(=Cc1c(C)nn(-c2ccccc2)c1C)C(=O)Nc1ccccc1C. The Bertz CT molecular complexity index is 1360. The fraction of sp³-hybridized carbons (Fsp3) is 0.138. The first kappa shape index (κ1) is 23.7. The lowest BCUT2D eigenvalue weighted by Crippen LogP contribution is -2.26. The Kier molecular flexibility index (Phi) is 6.92. The van der Waals surface area contributed by atoms with Gasteiger partial charge < -0.3 is 10.6 Å². The summed E-state index contributed by atoms with van der Waals surface area (Å²) in [6, 6.07) is 24.7. The van der Waals surface area contributed by atoms with Crippen molar-refractivity contribution in [2.75, 3.05) is 10.6 Å². The second kappa shape index (κ2) is 10.2. The van der Waals surface area contributed by atoms with Gasteiger partial charge in [-0.15, -0.1) is 0 Å². The highest BCUT2D eigenvalue weighted by molar-refractivity contribution is 6.29. The molecule has 0 saturated heterocycles. The number of benzene rings is 3. The highest BCUT2D eigenvalue weighted by Gasteiger charge is 2.22. The van der Waals surface area contributed by atoms with Crippen LogP contribution in [-0.2, 0) is 9.59 Å². The summed E-state index contributed by atoms with van der Waals surface area (Å²) in [4.78, 5) is 26.8. The van der Waals surface area contributed by atoms with Crippen molar-refractivity contribution in [3.05, 3.63) is 113 Å². The fourth-order valence-electron chi connectivity index (χ4n) is 3.87. The van der Waals surface area contributed by atoms with Crippen LogP contribution in [-0.4, -0.2) is 21.6 Å². The van der Waals surface area contributed by atoms with Gasteiger partial charge >= 0.3 is 0 Å². The molecule has 1 heterocycles. The molecule has 0 fully saturated rings. The van der Waals surface area contributed by atoms with Gasteiger partial charge in [0.25, 0.3) is 11.8 Å². The number of rotatable bonds is 6. The van der Waals surface area contributed by atoms with E-state index in [1.165, 1.54) is 0 Å². The lowest BCUT2D eigenvalue weighted by Gasteiger charge is -2.13. The first-order valence-corrected chi connectivity index (χ1v) is 11.4. The van der Waals surface area contributed by atoms with E-state index in [0.29, 0.717) is 11.4 Å². The van der Waals surface area contributed by atoms with Crippen LogP contribution < -0.4 is 10.6 Å². The van der Waals surface area contributed by atoms with Crippen LogP contribution in [0.25, 0.3) is 11.8 Å².